The fourth-order valence-electron chi connectivity index (χ4n) is 2.80. The second-order valence-corrected chi connectivity index (χ2v) is 4.75. The normalized spacial score (nSPS) is 16.7. The van der Waals surface area contributed by atoms with E-state index in [9.17, 15) is 4.39 Å². The van der Waals surface area contributed by atoms with E-state index in [1.54, 1.807) is 6.07 Å². The number of aromatic amines is 1. The molecule has 0 amide bonds. The van der Waals surface area contributed by atoms with Crippen LogP contribution in [0.25, 0.3) is 5.82 Å². The lowest BCUT2D eigenvalue weighted by molar-refractivity contribution is 0.626. The van der Waals surface area contributed by atoms with Crippen molar-refractivity contribution >= 4 is 11.5 Å². The number of benzene rings is 1. The minimum atomic E-state index is -0.169. The maximum atomic E-state index is 13.3. The molecule has 0 saturated carbocycles. The van der Waals surface area contributed by atoms with E-state index in [2.05, 4.69) is 20.2 Å². The maximum Gasteiger partial charge on any atom is 0.134 e. The first-order chi connectivity index (χ1) is 9.33. The molecule has 0 spiro atoms. The lowest BCUT2D eigenvalue weighted by atomic mass is 10.2. The van der Waals surface area contributed by atoms with Crippen molar-refractivity contribution in [1.29, 1.82) is 0 Å². The number of hydrogen-bond donors (Lipinski definition) is 2. The highest BCUT2D eigenvalue weighted by Gasteiger charge is 2.24. The fraction of sp³-hybridized carbons (Fsp3) is 0.214. The van der Waals surface area contributed by atoms with Crippen molar-refractivity contribution in [2.24, 2.45) is 4.99 Å². The molecule has 0 unspecified atom stereocenters. The van der Waals surface area contributed by atoms with E-state index in [1.807, 2.05) is 18.3 Å². The standard InChI is InChI=1S/C14H13FN4/c15-10-1-2-12-9(7-10)4-6-19(12)14-13-11(3-5-16-13)17-8-18-14/h1-3,5,7,16,18H,4,6,8H2. The summed E-state index contributed by atoms with van der Waals surface area (Å²) >= 11 is 0. The van der Waals surface area contributed by atoms with Crippen LogP contribution in [0.3, 0.4) is 0 Å². The summed E-state index contributed by atoms with van der Waals surface area (Å²) in [6.45, 7) is 1.44. The summed E-state index contributed by atoms with van der Waals surface area (Å²) in [7, 11) is 0. The van der Waals surface area contributed by atoms with Crippen LogP contribution in [0.2, 0.25) is 0 Å². The van der Waals surface area contributed by atoms with Gasteiger partial charge in [-0.2, -0.15) is 0 Å². The molecule has 5 heteroatoms. The van der Waals surface area contributed by atoms with Gasteiger partial charge in [0, 0.05) is 18.4 Å². The van der Waals surface area contributed by atoms with Crippen LogP contribution in [0.5, 0.6) is 0 Å². The Labute approximate surface area is 109 Å². The third-order valence-electron chi connectivity index (χ3n) is 3.66. The summed E-state index contributed by atoms with van der Waals surface area (Å²) in [5.74, 6) is 0.859. The van der Waals surface area contributed by atoms with Gasteiger partial charge < -0.3 is 15.2 Å². The zero-order valence-electron chi connectivity index (χ0n) is 10.3. The molecule has 1 aromatic carbocycles. The third-order valence-corrected chi connectivity index (χ3v) is 3.66. The van der Waals surface area contributed by atoms with Gasteiger partial charge in [0.25, 0.3) is 0 Å². The Hall–Kier alpha value is -2.30. The number of H-pyrrole nitrogens is 1. The molecular weight excluding hydrogens is 243 g/mol. The molecule has 1 aromatic heterocycles. The molecular formula is C14H13FN4. The SMILES string of the molecule is Fc1ccc2c(c1)CCN2C1=c2[nH]ccc2=NCN1. The van der Waals surface area contributed by atoms with Gasteiger partial charge in [0.05, 0.1) is 5.36 Å². The molecule has 2 aliphatic heterocycles. The Bertz CT molecular complexity index is 762. The molecule has 0 atom stereocenters. The molecule has 0 saturated heterocycles. The Morgan fingerprint density at radius 1 is 1.26 bits per heavy atom. The van der Waals surface area contributed by atoms with Crippen molar-refractivity contribution in [3.05, 3.63) is 52.5 Å². The summed E-state index contributed by atoms with van der Waals surface area (Å²) in [4.78, 5) is 9.81. The molecule has 0 bridgehead atoms. The lowest BCUT2D eigenvalue weighted by Crippen LogP contribution is -2.44. The summed E-state index contributed by atoms with van der Waals surface area (Å²) in [6.07, 6.45) is 2.76. The minimum absolute atomic E-state index is 0.169. The largest absolute Gasteiger partial charge is 0.357 e. The van der Waals surface area contributed by atoms with Gasteiger partial charge in [-0.15, -0.1) is 0 Å². The number of hydrogen-bond acceptors (Lipinski definition) is 3. The van der Waals surface area contributed by atoms with Crippen LogP contribution in [0, 0.1) is 5.82 Å². The molecule has 0 radical (unpaired) electrons. The Morgan fingerprint density at radius 2 is 2.21 bits per heavy atom. The van der Waals surface area contributed by atoms with Crippen LogP contribution in [-0.2, 0) is 6.42 Å². The van der Waals surface area contributed by atoms with E-state index in [0.717, 1.165) is 40.7 Å². The first-order valence-corrected chi connectivity index (χ1v) is 6.35. The quantitative estimate of drug-likeness (QED) is 0.778. The molecule has 0 aliphatic carbocycles. The summed E-state index contributed by atoms with van der Waals surface area (Å²) in [5.41, 5.74) is 2.14. The molecule has 19 heavy (non-hydrogen) atoms. The highest BCUT2D eigenvalue weighted by atomic mass is 19.1. The van der Waals surface area contributed by atoms with Gasteiger partial charge in [-0.25, -0.2) is 4.39 Å². The average Bonchev–Trinajstić information content (AvgIpc) is 3.03. The van der Waals surface area contributed by atoms with Gasteiger partial charge in [-0.3, -0.25) is 4.99 Å². The van der Waals surface area contributed by atoms with Gasteiger partial charge in [0.15, 0.2) is 0 Å². The Morgan fingerprint density at radius 3 is 3.16 bits per heavy atom. The molecule has 2 aliphatic rings. The number of fused-ring (bicyclic) bond motifs is 2. The smallest absolute Gasteiger partial charge is 0.134 e. The zero-order valence-corrected chi connectivity index (χ0v) is 10.3. The second-order valence-electron chi connectivity index (χ2n) is 4.75. The zero-order chi connectivity index (χ0) is 12.8. The van der Waals surface area contributed by atoms with E-state index < -0.39 is 0 Å². The topological polar surface area (TPSA) is 43.4 Å². The number of nitrogens with zero attached hydrogens (tertiary/aromatic N) is 2. The van der Waals surface area contributed by atoms with Crippen molar-refractivity contribution in [2.45, 2.75) is 6.42 Å². The Kier molecular flexibility index (Phi) is 2.15. The van der Waals surface area contributed by atoms with E-state index >= 15 is 0 Å². The first-order valence-electron chi connectivity index (χ1n) is 6.35. The van der Waals surface area contributed by atoms with Crippen LogP contribution in [0.4, 0.5) is 10.1 Å². The van der Waals surface area contributed by atoms with Gasteiger partial charge in [0.2, 0.25) is 0 Å². The van der Waals surface area contributed by atoms with Crippen LogP contribution >= 0.6 is 0 Å². The van der Waals surface area contributed by atoms with Crippen LogP contribution < -0.4 is 20.9 Å². The number of nitrogens with one attached hydrogen (secondary N) is 2. The van der Waals surface area contributed by atoms with E-state index in [-0.39, 0.29) is 5.82 Å². The average molecular weight is 256 g/mol. The van der Waals surface area contributed by atoms with Gasteiger partial charge in [0.1, 0.15) is 23.7 Å². The molecule has 3 heterocycles. The highest BCUT2D eigenvalue weighted by molar-refractivity contribution is 5.72. The third kappa shape index (κ3) is 1.54. The predicted molar refractivity (Wildman–Crippen MR) is 70.4 cm³/mol. The van der Waals surface area contributed by atoms with Crippen molar-refractivity contribution in [3.8, 4) is 0 Å². The highest BCUT2D eigenvalue weighted by Crippen LogP contribution is 2.30. The van der Waals surface area contributed by atoms with Crippen molar-refractivity contribution in [2.75, 3.05) is 18.1 Å². The van der Waals surface area contributed by atoms with Gasteiger partial charge >= 0.3 is 0 Å². The number of halogens is 1. The predicted octanol–water partition coefficient (Wildman–Crippen LogP) is 0.463. The second kappa shape index (κ2) is 3.85. The van der Waals surface area contributed by atoms with Gasteiger partial charge in [-0.05, 0) is 36.2 Å². The molecule has 96 valence electrons. The van der Waals surface area contributed by atoms with E-state index in [0.29, 0.717) is 6.67 Å². The summed E-state index contributed by atoms with van der Waals surface area (Å²) in [6, 6.07) is 6.96. The number of rotatable bonds is 1. The number of anilines is 1. The monoisotopic (exact) mass is 256 g/mol. The maximum absolute atomic E-state index is 13.3. The molecule has 4 rings (SSSR count). The summed E-state index contributed by atoms with van der Waals surface area (Å²) < 4.78 is 13.3. The van der Waals surface area contributed by atoms with Crippen LogP contribution in [0.1, 0.15) is 5.56 Å². The minimum Gasteiger partial charge on any atom is -0.357 e. The fourth-order valence-corrected chi connectivity index (χ4v) is 2.80. The van der Waals surface area contributed by atoms with Gasteiger partial charge in [-0.1, -0.05) is 0 Å². The van der Waals surface area contributed by atoms with Crippen molar-refractivity contribution in [3.63, 3.8) is 0 Å². The van der Waals surface area contributed by atoms with E-state index in [4.69, 9.17) is 0 Å². The molecule has 2 N–H and O–H groups in total. The van der Waals surface area contributed by atoms with E-state index in [1.165, 1.54) is 6.07 Å². The van der Waals surface area contributed by atoms with Crippen LogP contribution in [-0.4, -0.2) is 18.2 Å². The molecule has 2 aromatic rings. The lowest BCUT2D eigenvalue weighted by Gasteiger charge is -2.24. The number of aromatic nitrogens is 1. The Balaban J connectivity index is 1.90. The summed E-state index contributed by atoms with van der Waals surface area (Å²) in [5, 5.41) is 5.29. The molecule has 4 nitrogen and oxygen atoms in total. The molecule has 0 fully saturated rings. The van der Waals surface area contributed by atoms with Crippen molar-refractivity contribution < 1.29 is 4.39 Å². The van der Waals surface area contributed by atoms with Crippen LogP contribution in [0.15, 0.2) is 35.5 Å². The van der Waals surface area contributed by atoms with Crippen molar-refractivity contribution in [1.82, 2.24) is 10.3 Å². The first kappa shape index (κ1) is 10.6.